The summed E-state index contributed by atoms with van der Waals surface area (Å²) in [6.45, 7) is 5.93. The van der Waals surface area contributed by atoms with E-state index < -0.39 is 0 Å². The fourth-order valence-corrected chi connectivity index (χ4v) is 5.58. The highest BCUT2D eigenvalue weighted by Crippen LogP contribution is 2.35. The first-order chi connectivity index (χ1) is 18.6. The molecule has 3 aromatic rings. The predicted molar refractivity (Wildman–Crippen MR) is 169 cm³/mol. The summed E-state index contributed by atoms with van der Waals surface area (Å²) in [7, 11) is 0. The average Bonchev–Trinajstić information content (AvgIpc) is 2.92. The van der Waals surface area contributed by atoms with Crippen LogP contribution in [0.3, 0.4) is 0 Å². The highest BCUT2D eigenvalue weighted by Gasteiger charge is 2.14. The van der Waals surface area contributed by atoms with Crippen LogP contribution in [0.15, 0.2) is 33.2 Å². The molecule has 0 aliphatic carbocycles. The second kappa shape index (κ2) is 18.0. The second-order valence-electron chi connectivity index (χ2n) is 10.4. The molecule has 3 rings (SSSR count). The van der Waals surface area contributed by atoms with E-state index in [0.29, 0.717) is 13.2 Å². The molecule has 0 radical (unpaired) electrons. The first-order valence-corrected chi connectivity index (χ1v) is 16.6. The smallest absolute Gasteiger partial charge is 0.163 e. The molecule has 0 bridgehead atoms. The van der Waals surface area contributed by atoms with Gasteiger partial charge in [-0.05, 0) is 56.8 Å². The fraction of sp³-hybridized carbons (Fsp3) is 0.625. The Labute approximate surface area is 246 Å². The van der Waals surface area contributed by atoms with E-state index in [0.717, 1.165) is 55.4 Å². The van der Waals surface area contributed by atoms with Crippen molar-refractivity contribution in [2.75, 3.05) is 13.2 Å². The molecule has 0 saturated heterocycles. The molecule has 0 amide bonds. The minimum atomic E-state index is 0.699. The third kappa shape index (κ3) is 10.3. The molecule has 0 fully saturated rings. The van der Waals surface area contributed by atoms with Crippen LogP contribution in [0.4, 0.5) is 0 Å². The summed E-state index contributed by atoms with van der Waals surface area (Å²) in [4.78, 5) is 9.82. The molecule has 0 saturated carbocycles. The number of ether oxygens (including phenoxy) is 2. The van der Waals surface area contributed by atoms with Crippen molar-refractivity contribution in [2.45, 2.75) is 117 Å². The van der Waals surface area contributed by atoms with E-state index in [1.165, 1.54) is 89.9 Å². The minimum Gasteiger partial charge on any atom is -0.490 e. The van der Waals surface area contributed by atoms with Gasteiger partial charge in [-0.2, -0.15) is 0 Å². The first-order valence-electron chi connectivity index (χ1n) is 15.0. The molecule has 1 heterocycles. The maximum atomic E-state index is 6.28. The number of fused-ring (bicyclic) bond motifs is 2. The number of hydrogen-bond acceptors (Lipinski definition) is 4. The van der Waals surface area contributed by atoms with Crippen molar-refractivity contribution in [1.82, 2.24) is 9.97 Å². The van der Waals surface area contributed by atoms with E-state index in [9.17, 15) is 0 Å². The Bertz CT molecular complexity index is 1020. The standard InChI is InChI=1S/C32H46Br2N2O2/c1-3-5-7-9-11-13-15-17-21-37-29-23-27-28(36-32-26(34)20-19-25(33)31(32)35-27)24-30(29)38-22-18-16-14-12-10-8-6-4-2/h19-20,23-24H,3-18,21-22H2,1-2H3. The third-order valence-corrected chi connectivity index (χ3v) is 8.35. The van der Waals surface area contributed by atoms with Gasteiger partial charge in [-0.1, -0.05) is 104 Å². The lowest BCUT2D eigenvalue weighted by Crippen LogP contribution is -2.04. The zero-order valence-corrected chi connectivity index (χ0v) is 26.7. The lowest BCUT2D eigenvalue weighted by atomic mass is 10.1. The van der Waals surface area contributed by atoms with Gasteiger partial charge in [0, 0.05) is 21.1 Å². The van der Waals surface area contributed by atoms with Gasteiger partial charge < -0.3 is 9.47 Å². The highest BCUT2D eigenvalue weighted by atomic mass is 79.9. The Balaban J connectivity index is 1.61. The molecule has 0 unspecified atom stereocenters. The summed E-state index contributed by atoms with van der Waals surface area (Å²) < 4.78 is 14.4. The maximum absolute atomic E-state index is 6.28. The summed E-state index contributed by atoms with van der Waals surface area (Å²) in [6.07, 6.45) is 20.5. The Morgan fingerprint density at radius 2 is 0.868 bits per heavy atom. The summed E-state index contributed by atoms with van der Waals surface area (Å²) in [6, 6.07) is 7.99. The Morgan fingerprint density at radius 3 is 1.24 bits per heavy atom. The van der Waals surface area contributed by atoms with E-state index >= 15 is 0 Å². The van der Waals surface area contributed by atoms with Gasteiger partial charge in [0.2, 0.25) is 0 Å². The molecule has 210 valence electrons. The molecule has 38 heavy (non-hydrogen) atoms. The number of halogens is 2. The van der Waals surface area contributed by atoms with Crippen LogP contribution in [-0.4, -0.2) is 23.2 Å². The van der Waals surface area contributed by atoms with Crippen LogP contribution in [0.1, 0.15) is 117 Å². The molecule has 0 N–H and O–H groups in total. The number of hydrogen-bond donors (Lipinski definition) is 0. The molecular weight excluding hydrogens is 604 g/mol. The Kier molecular flexibility index (Phi) is 14.8. The van der Waals surface area contributed by atoms with Crippen molar-refractivity contribution in [3.05, 3.63) is 33.2 Å². The zero-order chi connectivity index (χ0) is 27.0. The highest BCUT2D eigenvalue weighted by molar-refractivity contribution is 9.11. The van der Waals surface area contributed by atoms with Gasteiger partial charge in [0.25, 0.3) is 0 Å². The molecule has 2 aromatic carbocycles. The zero-order valence-electron chi connectivity index (χ0n) is 23.5. The van der Waals surface area contributed by atoms with Gasteiger partial charge in [-0.3, -0.25) is 0 Å². The van der Waals surface area contributed by atoms with Gasteiger partial charge >= 0.3 is 0 Å². The van der Waals surface area contributed by atoms with E-state index in [1.54, 1.807) is 0 Å². The van der Waals surface area contributed by atoms with Crippen LogP contribution < -0.4 is 9.47 Å². The maximum Gasteiger partial charge on any atom is 0.163 e. The number of aromatic nitrogens is 2. The van der Waals surface area contributed by atoms with E-state index in [1.807, 2.05) is 24.3 Å². The van der Waals surface area contributed by atoms with Crippen LogP contribution >= 0.6 is 31.9 Å². The Morgan fingerprint density at radius 1 is 0.526 bits per heavy atom. The fourth-order valence-electron chi connectivity index (χ4n) is 4.76. The van der Waals surface area contributed by atoms with Crippen molar-refractivity contribution < 1.29 is 9.47 Å². The molecular formula is C32H46Br2N2O2. The van der Waals surface area contributed by atoms with Gasteiger partial charge in [-0.25, -0.2) is 9.97 Å². The van der Waals surface area contributed by atoms with Crippen molar-refractivity contribution in [1.29, 1.82) is 0 Å². The van der Waals surface area contributed by atoms with Crippen LogP contribution in [0.2, 0.25) is 0 Å². The topological polar surface area (TPSA) is 44.2 Å². The summed E-state index contributed by atoms with van der Waals surface area (Å²) >= 11 is 7.26. The van der Waals surface area contributed by atoms with Gasteiger partial charge in [0.1, 0.15) is 11.0 Å². The monoisotopic (exact) mass is 648 g/mol. The first kappa shape index (κ1) is 31.1. The molecule has 0 aliphatic rings. The van der Waals surface area contributed by atoms with E-state index in [4.69, 9.17) is 19.4 Å². The molecule has 4 nitrogen and oxygen atoms in total. The molecule has 0 atom stereocenters. The summed E-state index contributed by atoms with van der Waals surface area (Å²) in [5.41, 5.74) is 3.32. The average molecular weight is 651 g/mol. The molecule has 0 aliphatic heterocycles. The van der Waals surface area contributed by atoms with E-state index in [2.05, 4.69) is 45.7 Å². The van der Waals surface area contributed by atoms with Crippen LogP contribution in [0.25, 0.3) is 22.1 Å². The SMILES string of the molecule is CCCCCCCCCCOc1cc2nc3c(Br)ccc(Br)c3nc2cc1OCCCCCCCCCC. The van der Waals surface area contributed by atoms with E-state index in [-0.39, 0.29) is 0 Å². The van der Waals surface area contributed by atoms with Crippen molar-refractivity contribution in [3.8, 4) is 11.5 Å². The lowest BCUT2D eigenvalue weighted by molar-refractivity contribution is 0.259. The lowest BCUT2D eigenvalue weighted by Gasteiger charge is -2.14. The number of benzene rings is 2. The second-order valence-corrected chi connectivity index (χ2v) is 12.1. The summed E-state index contributed by atoms with van der Waals surface area (Å²) in [5, 5.41) is 0. The molecule has 6 heteroatoms. The van der Waals surface area contributed by atoms with Crippen molar-refractivity contribution in [2.24, 2.45) is 0 Å². The van der Waals surface area contributed by atoms with Crippen LogP contribution in [-0.2, 0) is 0 Å². The van der Waals surface area contributed by atoms with Gasteiger partial charge in [0.05, 0.1) is 24.2 Å². The quantitative estimate of drug-likeness (QED) is 0.0902. The van der Waals surface area contributed by atoms with Crippen molar-refractivity contribution in [3.63, 3.8) is 0 Å². The number of nitrogens with zero attached hydrogens (tertiary/aromatic N) is 2. The number of rotatable bonds is 20. The molecule has 0 spiro atoms. The molecule has 1 aromatic heterocycles. The number of unbranched alkanes of at least 4 members (excludes halogenated alkanes) is 14. The van der Waals surface area contributed by atoms with Crippen LogP contribution in [0.5, 0.6) is 11.5 Å². The Hall–Kier alpha value is -1.40. The van der Waals surface area contributed by atoms with Gasteiger partial charge in [0.15, 0.2) is 11.5 Å². The van der Waals surface area contributed by atoms with Gasteiger partial charge in [-0.15, -0.1) is 0 Å². The normalized spacial score (nSPS) is 11.5. The minimum absolute atomic E-state index is 0.699. The largest absolute Gasteiger partial charge is 0.490 e. The third-order valence-electron chi connectivity index (χ3n) is 7.07. The predicted octanol–water partition coefficient (Wildman–Crippen LogP) is 11.3. The van der Waals surface area contributed by atoms with Crippen molar-refractivity contribution >= 4 is 53.9 Å². The summed E-state index contributed by atoms with van der Waals surface area (Å²) in [5.74, 6) is 1.56. The van der Waals surface area contributed by atoms with Crippen LogP contribution in [0, 0.1) is 0 Å².